The van der Waals surface area contributed by atoms with Crippen LogP contribution in [0, 0.1) is 0 Å². The molecule has 0 N–H and O–H groups in total. The van der Waals surface area contributed by atoms with Gasteiger partial charge in [0.2, 0.25) is 0 Å². The lowest BCUT2D eigenvalue weighted by Crippen LogP contribution is -2.33. The van der Waals surface area contributed by atoms with Crippen LogP contribution < -0.4 is 15.2 Å². The van der Waals surface area contributed by atoms with Crippen LogP contribution in [0.15, 0.2) is 48.5 Å². The first kappa shape index (κ1) is 56.1. The predicted molar refractivity (Wildman–Crippen MR) is 296 cm³/mol. The van der Waals surface area contributed by atoms with Crippen LogP contribution in [0.1, 0.15) is 259 Å². The predicted octanol–water partition coefficient (Wildman–Crippen LogP) is 17.8. The van der Waals surface area contributed by atoms with Gasteiger partial charge in [0.15, 0.2) is 0 Å². The van der Waals surface area contributed by atoms with Crippen molar-refractivity contribution in [3.8, 4) is 23.0 Å². The Kier molecular flexibility index (Phi) is 15.4. The average Bonchev–Trinajstić information content (AvgIpc) is 3.13. The van der Waals surface area contributed by atoms with Crippen LogP contribution in [0.3, 0.4) is 0 Å². The molecule has 4 aromatic carbocycles. The first-order chi connectivity index (χ1) is 30.4. The van der Waals surface area contributed by atoms with Crippen LogP contribution in [-0.4, -0.2) is 29.6 Å². The topological polar surface area (TPSA) is 36.9 Å². The molecule has 0 radical (unpaired) electrons. The van der Waals surface area contributed by atoms with Crippen molar-refractivity contribution in [2.45, 2.75) is 247 Å². The second kappa shape index (κ2) is 18.6. The Morgan fingerprint density at radius 2 is 0.441 bits per heavy atom. The molecule has 0 aliphatic carbocycles. The number of hydrogen-bond acceptors (Lipinski definition) is 4. The maximum Gasteiger partial charge on any atom is 0.853 e. The normalized spacial score (nSPS) is 15.6. The van der Waals surface area contributed by atoms with E-state index in [0.29, 0.717) is 0 Å². The summed E-state index contributed by atoms with van der Waals surface area (Å²) >= 11 is -3.97. The number of rotatable bonds is 0. The number of benzene rings is 4. The molecule has 6 rings (SSSR count). The highest BCUT2D eigenvalue weighted by atomic mass is 27.2. The fourth-order valence-electron chi connectivity index (χ4n) is 9.43. The van der Waals surface area contributed by atoms with Crippen molar-refractivity contribution in [1.82, 2.24) is 0 Å². The fourth-order valence-corrected chi connectivity index (χ4v) is 11.9. The van der Waals surface area contributed by atoms with E-state index in [4.69, 9.17) is 15.2 Å². The summed E-state index contributed by atoms with van der Waals surface area (Å²) in [5.41, 5.74) is 16.0. The van der Waals surface area contributed by atoms with Crippen molar-refractivity contribution in [2.24, 2.45) is 0 Å². The van der Waals surface area contributed by atoms with E-state index in [1.165, 1.54) is 66.8 Å². The van der Waals surface area contributed by atoms with Crippen LogP contribution >= 0.6 is 0 Å². The standard InChI is InChI=1S/2C30H46O2.2CH3.2Al/c2*1-18(21-14-19(27(2,3)4)16-23(25(21)31)29(8,9)10)22-15-20(28(5,6)7)17-24(26(22)32)30(11,12)13;;;;/h2*14-18,31-32H,1-13H3;2*1H3;;/q;;;;2*+2/p-4. The zero-order valence-corrected chi connectivity index (χ0v) is 50.9. The fraction of sp³-hybridized carbons (Fsp3) is 0.613. The van der Waals surface area contributed by atoms with Crippen LogP contribution in [0.5, 0.6) is 23.0 Å². The molecule has 372 valence electrons. The molecule has 6 heteroatoms. The lowest BCUT2D eigenvalue weighted by Gasteiger charge is -2.37. The van der Waals surface area contributed by atoms with Gasteiger partial charge in [-0.2, -0.15) is 0 Å². The molecule has 0 saturated carbocycles. The summed E-state index contributed by atoms with van der Waals surface area (Å²) in [6.45, 7) is 59.8. The van der Waals surface area contributed by atoms with E-state index in [2.05, 4.69) is 240 Å². The molecule has 2 aliphatic heterocycles. The second-order valence-corrected chi connectivity index (χ2v) is 32.0. The van der Waals surface area contributed by atoms with E-state index in [1.54, 1.807) is 0 Å². The first-order valence-corrected chi connectivity index (χ1v) is 30.0. The van der Waals surface area contributed by atoms with Gasteiger partial charge < -0.3 is 15.2 Å². The SMILES string of the molecule is CC1c2cc(C(C)(C)C)cc(C(C)(C)C)c2[O][Al]([CH3])[O]c2c1cc(C(C)(C)C)cc2C(C)(C)C.CC1c2cc(C(C)(C)C)cc(C(C)(C)C)c2[O][Al]([CH3])[O]c2c1cc(C(C)(C)C)cc2C(C)(C)C. The molecule has 0 fully saturated rings. The van der Waals surface area contributed by atoms with Crippen molar-refractivity contribution in [1.29, 1.82) is 0 Å². The van der Waals surface area contributed by atoms with E-state index >= 15 is 0 Å². The third kappa shape index (κ3) is 12.2. The quantitative estimate of drug-likeness (QED) is 0.165. The first-order valence-electron chi connectivity index (χ1n) is 25.8. The minimum Gasteiger partial charge on any atom is -0.611 e. The van der Waals surface area contributed by atoms with Gasteiger partial charge >= 0.3 is 29.6 Å². The molecule has 0 spiro atoms. The summed E-state index contributed by atoms with van der Waals surface area (Å²) in [5.74, 6) is 8.87. The van der Waals surface area contributed by atoms with Gasteiger partial charge in [0.1, 0.15) is 0 Å². The van der Waals surface area contributed by atoms with Gasteiger partial charge in [-0.1, -0.05) is 229 Å². The van der Waals surface area contributed by atoms with Gasteiger partial charge in [-0.05, 0) is 122 Å². The summed E-state index contributed by atoms with van der Waals surface area (Å²) in [4.78, 5) is 0. The number of hydrogen-bond donors (Lipinski definition) is 0. The smallest absolute Gasteiger partial charge is 0.611 e. The summed E-state index contributed by atoms with van der Waals surface area (Å²) in [5, 5.41) is 0. The van der Waals surface area contributed by atoms with Crippen molar-refractivity contribution in [3.05, 3.63) is 115 Å². The van der Waals surface area contributed by atoms with Crippen LogP contribution in [0.4, 0.5) is 0 Å². The summed E-state index contributed by atoms with van der Waals surface area (Å²) in [6.07, 6.45) is 0. The molecule has 0 unspecified atom stereocenters. The largest absolute Gasteiger partial charge is 0.853 e. The van der Waals surface area contributed by atoms with Gasteiger partial charge in [-0.25, -0.2) is 0 Å². The lowest BCUT2D eigenvalue weighted by molar-refractivity contribution is 0.394. The van der Waals surface area contributed by atoms with Crippen molar-refractivity contribution in [2.75, 3.05) is 0 Å². The molecule has 2 aliphatic rings. The van der Waals surface area contributed by atoms with Crippen molar-refractivity contribution < 1.29 is 15.2 Å². The second-order valence-electron chi connectivity index (χ2n) is 28.8. The summed E-state index contributed by atoms with van der Waals surface area (Å²) < 4.78 is 27.1. The Labute approximate surface area is 427 Å². The van der Waals surface area contributed by atoms with Gasteiger partial charge in [0, 0.05) is 11.8 Å². The highest BCUT2D eigenvalue weighted by Gasteiger charge is 2.41. The Balaban J connectivity index is 0.000000254. The molecule has 0 bridgehead atoms. The van der Waals surface area contributed by atoms with Gasteiger partial charge in [0.25, 0.3) is 0 Å². The van der Waals surface area contributed by atoms with Crippen LogP contribution in [-0.2, 0) is 43.3 Å². The minimum atomic E-state index is -1.99. The molecule has 4 aromatic rings. The molecular weight excluding hydrogens is 863 g/mol. The molecule has 0 aromatic heterocycles. The molecule has 0 saturated heterocycles. The zero-order chi connectivity index (χ0) is 52.0. The van der Waals surface area contributed by atoms with Gasteiger partial charge in [0.05, 0.1) is 23.0 Å². The molecule has 0 atom stereocenters. The van der Waals surface area contributed by atoms with Crippen molar-refractivity contribution in [3.63, 3.8) is 0 Å². The third-order valence-electron chi connectivity index (χ3n) is 14.2. The van der Waals surface area contributed by atoms with Crippen molar-refractivity contribution >= 4 is 29.6 Å². The number of fused-ring (bicyclic) bond motifs is 4. The van der Waals surface area contributed by atoms with Gasteiger partial charge in [-0.3, -0.25) is 0 Å². The van der Waals surface area contributed by atoms with E-state index < -0.39 is 29.6 Å². The molecule has 0 amide bonds. The monoisotopic (exact) mass is 957 g/mol. The van der Waals surface area contributed by atoms with E-state index in [1.807, 2.05) is 0 Å². The molecule has 68 heavy (non-hydrogen) atoms. The summed E-state index contributed by atoms with van der Waals surface area (Å²) in [7, 11) is 0. The van der Waals surface area contributed by atoms with Crippen LogP contribution in [0.25, 0.3) is 0 Å². The van der Waals surface area contributed by atoms with Crippen LogP contribution in [0.2, 0.25) is 11.6 Å². The Morgan fingerprint density at radius 3 is 0.574 bits per heavy atom. The Morgan fingerprint density at radius 1 is 0.279 bits per heavy atom. The lowest BCUT2D eigenvalue weighted by atomic mass is 9.74. The molecule has 2 heterocycles. The average molecular weight is 957 g/mol. The zero-order valence-electron chi connectivity index (χ0n) is 48.6. The highest BCUT2D eigenvalue weighted by Crippen LogP contribution is 2.51. The summed E-state index contributed by atoms with van der Waals surface area (Å²) in [6, 6.07) is 19.1. The Bertz CT molecular complexity index is 2140. The van der Waals surface area contributed by atoms with Gasteiger partial charge in [-0.15, -0.1) is 0 Å². The Hall–Kier alpha value is -2.86. The minimum absolute atomic E-state index is 0.0228. The third-order valence-corrected chi connectivity index (χ3v) is 16.4. The highest BCUT2D eigenvalue weighted by molar-refractivity contribution is 6.45. The van der Waals surface area contributed by atoms with E-state index in [0.717, 1.165) is 23.0 Å². The van der Waals surface area contributed by atoms with E-state index in [-0.39, 0.29) is 55.2 Å². The maximum atomic E-state index is 6.77. The molecular formula is C62H94Al2O4. The molecule has 4 nitrogen and oxygen atoms in total. The van der Waals surface area contributed by atoms with E-state index in [9.17, 15) is 0 Å². The maximum absolute atomic E-state index is 6.77.